The van der Waals surface area contributed by atoms with Gasteiger partial charge in [-0.3, -0.25) is 4.79 Å². The highest BCUT2D eigenvalue weighted by Crippen LogP contribution is 2.25. The summed E-state index contributed by atoms with van der Waals surface area (Å²) in [6.45, 7) is 6.33. The summed E-state index contributed by atoms with van der Waals surface area (Å²) in [6.07, 6.45) is 0.861. The Hall–Kier alpha value is -2.10. The van der Waals surface area contributed by atoms with E-state index in [1.54, 1.807) is 0 Å². The molecule has 21 heavy (non-hydrogen) atoms. The summed E-state index contributed by atoms with van der Waals surface area (Å²) in [7, 11) is 0. The zero-order valence-electron chi connectivity index (χ0n) is 12.8. The lowest BCUT2D eigenvalue weighted by Gasteiger charge is -2.26. The quantitative estimate of drug-likeness (QED) is 0.874. The standard InChI is InChI=1S/C17H22N2O2/c1-17(2,3)11-13(10-16(20)21)18-15-9-8-12-6-4-5-7-14(12)19-15/h4-9,13H,10-11H2,1-3H3,(H,18,19)(H,20,21). The van der Waals surface area contributed by atoms with Gasteiger partial charge in [-0.25, -0.2) is 4.98 Å². The number of para-hydroxylation sites is 1. The number of anilines is 1. The largest absolute Gasteiger partial charge is 0.481 e. The smallest absolute Gasteiger partial charge is 0.305 e. The molecule has 0 fully saturated rings. The Morgan fingerprint density at radius 3 is 2.62 bits per heavy atom. The topological polar surface area (TPSA) is 62.2 Å². The fourth-order valence-corrected chi connectivity index (χ4v) is 2.48. The molecule has 112 valence electrons. The van der Waals surface area contributed by atoms with Crippen molar-refractivity contribution in [2.75, 3.05) is 5.32 Å². The van der Waals surface area contributed by atoms with E-state index >= 15 is 0 Å². The number of aliphatic carboxylic acids is 1. The number of benzene rings is 1. The molecule has 0 saturated heterocycles. The molecule has 0 aliphatic carbocycles. The third-order valence-corrected chi connectivity index (χ3v) is 3.23. The van der Waals surface area contributed by atoms with Gasteiger partial charge in [0.15, 0.2) is 0 Å². The first-order valence-corrected chi connectivity index (χ1v) is 7.18. The summed E-state index contributed by atoms with van der Waals surface area (Å²) in [6, 6.07) is 11.7. The lowest BCUT2D eigenvalue weighted by atomic mass is 9.87. The van der Waals surface area contributed by atoms with Gasteiger partial charge < -0.3 is 10.4 Å². The van der Waals surface area contributed by atoms with Crippen molar-refractivity contribution < 1.29 is 9.90 Å². The number of fused-ring (bicyclic) bond motifs is 1. The number of carboxylic acids is 1. The lowest BCUT2D eigenvalue weighted by molar-refractivity contribution is -0.137. The SMILES string of the molecule is CC(C)(C)CC(CC(=O)O)Nc1ccc2ccccc2n1. The summed E-state index contributed by atoms with van der Waals surface area (Å²) in [5.74, 6) is -0.0678. The molecule has 0 amide bonds. The molecule has 1 aromatic carbocycles. The van der Waals surface area contributed by atoms with E-state index in [1.807, 2.05) is 36.4 Å². The summed E-state index contributed by atoms with van der Waals surface area (Å²) >= 11 is 0. The van der Waals surface area contributed by atoms with E-state index < -0.39 is 5.97 Å². The van der Waals surface area contributed by atoms with E-state index in [-0.39, 0.29) is 17.9 Å². The third kappa shape index (κ3) is 4.74. The molecule has 2 rings (SSSR count). The van der Waals surface area contributed by atoms with Crippen molar-refractivity contribution in [3.63, 3.8) is 0 Å². The highest BCUT2D eigenvalue weighted by molar-refractivity contribution is 5.80. The highest BCUT2D eigenvalue weighted by atomic mass is 16.4. The van der Waals surface area contributed by atoms with Gasteiger partial charge in [-0.2, -0.15) is 0 Å². The number of nitrogens with zero attached hydrogens (tertiary/aromatic N) is 1. The van der Waals surface area contributed by atoms with Crippen LogP contribution in [0.4, 0.5) is 5.82 Å². The fourth-order valence-electron chi connectivity index (χ4n) is 2.48. The van der Waals surface area contributed by atoms with E-state index in [2.05, 4.69) is 31.1 Å². The number of hydrogen-bond donors (Lipinski definition) is 2. The predicted octanol–water partition coefficient (Wildman–Crippen LogP) is 3.93. The minimum atomic E-state index is -0.794. The fraction of sp³-hybridized carbons (Fsp3) is 0.412. The average Bonchev–Trinajstić information content (AvgIpc) is 2.35. The number of nitrogens with one attached hydrogen (secondary N) is 1. The van der Waals surface area contributed by atoms with E-state index in [0.29, 0.717) is 0 Å². The van der Waals surface area contributed by atoms with Crippen molar-refractivity contribution in [2.24, 2.45) is 5.41 Å². The maximum absolute atomic E-state index is 11.0. The van der Waals surface area contributed by atoms with Crippen molar-refractivity contribution in [1.82, 2.24) is 4.98 Å². The number of rotatable bonds is 5. The Kier molecular flexibility index (Phi) is 4.46. The van der Waals surface area contributed by atoms with Crippen LogP contribution in [0.25, 0.3) is 10.9 Å². The molecule has 4 nitrogen and oxygen atoms in total. The van der Waals surface area contributed by atoms with Crippen molar-refractivity contribution >= 4 is 22.7 Å². The second-order valence-electron chi connectivity index (χ2n) is 6.59. The molecular weight excluding hydrogens is 264 g/mol. The normalized spacial score (nSPS) is 13.1. The number of pyridine rings is 1. The predicted molar refractivity (Wildman–Crippen MR) is 85.5 cm³/mol. The average molecular weight is 286 g/mol. The molecule has 0 spiro atoms. The highest BCUT2D eigenvalue weighted by Gasteiger charge is 2.21. The molecule has 1 unspecified atom stereocenters. The van der Waals surface area contributed by atoms with E-state index in [4.69, 9.17) is 5.11 Å². The third-order valence-electron chi connectivity index (χ3n) is 3.23. The van der Waals surface area contributed by atoms with Gasteiger partial charge in [0, 0.05) is 11.4 Å². The minimum absolute atomic E-state index is 0.0595. The number of aromatic nitrogens is 1. The summed E-state index contributed by atoms with van der Waals surface area (Å²) in [5, 5.41) is 13.4. The maximum Gasteiger partial charge on any atom is 0.305 e. The Morgan fingerprint density at radius 1 is 1.24 bits per heavy atom. The molecule has 0 saturated carbocycles. The van der Waals surface area contributed by atoms with Crippen LogP contribution in [0.2, 0.25) is 0 Å². The lowest BCUT2D eigenvalue weighted by Crippen LogP contribution is -2.28. The molecule has 1 atom stereocenters. The van der Waals surface area contributed by atoms with Gasteiger partial charge in [-0.1, -0.05) is 39.0 Å². The van der Waals surface area contributed by atoms with Crippen molar-refractivity contribution in [3.05, 3.63) is 36.4 Å². The zero-order chi connectivity index (χ0) is 15.5. The van der Waals surface area contributed by atoms with Crippen LogP contribution in [-0.4, -0.2) is 22.1 Å². The monoisotopic (exact) mass is 286 g/mol. The molecule has 0 bridgehead atoms. The Labute approximate surface area is 125 Å². The van der Waals surface area contributed by atoms with Crippen molar-refractivity contribution in [3.8, 4) is 0 Å². The van der Waals surface area contributed by atoms with E-state index in [9.17, 15) is 4.79 Å². The molecule has 1 heterocycles. The molecule has 1 aromatic heterocycles. The van der Waals surface area contributed by atoms with Crippen LogP contribution < -0.4 is 5.32 Å². The maximum atomic E-state index is 11.0. The minimum Gasteiger partial charge on any atom is -0.481 e. The van der Waals surface area contributed by atoms with E-state index in [1.165, 1.54) is 0 Å². The Bertz CT molecular complexity index is 632. The van der Waals surface area contributed by atoms with Crippen LogP contribution in [0.3, 0.4) is 0 Å². The molecule has 2 aromatic rings. The Morgan fingerprint density at radius 2 is 1.95 bits per heavy atom. The summed E-state index contributed by atoms with van der Waals surface area (Å²) in [5.41, 5.74) is 0.969. The van der Waals surface area contributed by atoms with Crippen LogP contribution >= 0.6 is 0 Å². The molecule has 0 radical (unpaired) electrons. The number of hydrogen-bond acceptors (Lipinski definition) is 3. The molecule has 2 N–H and O–H groups in total. The molecule has 0 aliphatic rings. The number of carboxylic acid groups (broad SMARTS) is 1. The van der Waals surface area contributed by atoms with Crippen LogP contribution in [0.5, 0.6) is 0 Å². The first-order chi connectivity index (χ1) is 9.83. The van der Waals surface area contributed by atoms with Crippen LogP contribution in [0.15, 0.2) is 36.4 Å². The number of carbonyl (C=O) groups is 1. The molecule has 0 aliphatic heterocycles. The Balaban J connectivity index is 2.18. The van der Waals surface area contributed by atoms with Gasteiger partial charge in [0.05, 0.1) is 11.9 Å². The molecule has 4 heteroatoms. The van der Waals surface area contributed by atoms with Gasteiger partial charge in [0.25, 0.3) is 0 Å². The van der Waals surface area contributed by atoms with Crippen LogP contribution in [-0.2, 0) is 4.79 Å². The second kappa shape index (κ2) is 6.12. The summed E-state index contributed by atoms with van der Waals surface area (Å²) < 4.78 is 0. The second-order valence-corrected chi connectivity index (χ2v) is 6.59. The zero-order valence-corrected chi connectivity index (χ0v) is 12.8. The first kappa shape index (κ1) is 15.3. The van der Waals surface area contributed by atoms with Gasteiger partial charge in [-0.05, 0) is 30.0 Å². The summed E-state index contributed by atoms with van der Waals surface area (Å²) in [4.78, 5) is 15.6. The van der Waals surface area contributed by atoms with Crippen LogP contribution in [0.1, 0.15) is 33.6 Å². The van der Waals surface area contributed by atoms with E-state index in [0.717, 1.165) is 23.1 Å². The van der Waals surface area contributed by atoms with Gasteiger partial charge >= 0.3 is 5.97 Å². The first-order valence-electron chi connectivity index (χ1n) is 7.18. The van der Waals surface area contributed by atoms with Crippen molar-refractivity contribution in [1.29, 1.82) is 0 Å². The van der Waals surface area contributed by atoms with Crippen molar-refractivity contribution in [2.45, 2.75) is 39.7 Å². The molecular formula is C17H22N2O2. The van der Waals surface area contributed by atoms with Gasteiger partial charge in [-0.15, -0.1) is 0 Å². The van der Waals surface area contributed by atoms with Crippen LogP contribution in [0, 0.1) is 5.41 Å². The van der Waals surface area contributed by atoms with Gasteiger partial charge in [0.1, 0.15) is 5.82 Å². The van der Waals surface area contributed by atoms with Gasteiger partial charge in [0.2, 0.25) is 0 Å².